The summed E-state index contributed by atoms with van der Waals surface area (Å²) >= 11 is 0. The molecule has 2 aromatic rings. The molecule has 2 aliphatic heterocycles. The number of rotatable bonds is 9. The number of nitrogens with one attached hydrogen (secondary N) is 3. The number of likely N-dealkylation sites (tertiary alicyclic amines) is 1. The lowest BCUT2D eigenvalue weighted by Gasteiger charge is -2.36. The van der Waals surface area contributed by atoms with Crippen molar-refractivity contribution in [3.63, 3.8) is 0 Å². The van der Waals surface area contributed by atoms with Crippen LogP contribution in [0, 0.1) is 11.3 Å². The van der Waals surface area contributed by atoms with Crippen LogP contribution < -0.4 is 20.5 Å². The van der Waals surface area contributed by atoms with E-state index in [1.807, 2.05) is 32.9 Å². The summed E-state index contributed by atoms with van der Waals surface area (Å²) in [7, 11) is -4.40. The maximum absolute atomic E-state index is 14.5. The standard InChI is InChI=1S/C35H46N6O7S/c1-5-24-17-35(24,32(44)39-49(36,46)47)38-30(42)27-16-25(40-18-22-12-8-10-21-11-9-13-23(19-40)28(21)22)20-41(27)31(43)29(34(2,3)4)37-33(45)48-26-14-6-7-15-26/h5,8-13,24-27,29H,1,6-7,14-20H2,2-4H3,(H,37,45)(H,38,42)(H,39,44)(H2,36,46,47)/t24-,25-,27+,29-,35-/m1/s1. The summed E-state index contributed by atoms with van der Waals surface area (Å²) in [6, 6.07) is 10.1. The van der Waals surface area contributed by atoms with Crippen molar-refractivity contribution in [3.8, 4) is 0 Å². The SMILES string of the molecule is C=C[C@@H]1C[C@]1(NC(=O)[C@@H]1C[C@@H](N2Cc3cccc4cccc(c34)C2)CN1C(=O)[C@@H](NC(=O)OC1CCCC1)C(C)(C)C)C(=O)NS(N)(=O)=O. The van der Waals surface area contributed by atoms with Crippen LogP contribution in [0.15, 0.2) is 49.1 Å². The quantitative estimate of drug-likeness (QED) is 0.289. The van der Waals surface area contributed by atoms with Crippen LogP contribution in [0.3, 0.4) is 0 Å². The molecule has 5 atom stereocenters. The zero-order valence-corrected chi connectivity index (χ0v) is 29.1. The first kappa shape index (κ1) is 34.8. The van der Waals surface area contributed by atoms with Crippen LogP contribution in [0.25, 0.3) is 10.8 Å². The van der Waals surface area contributed by atoms with Gasteiger partial charge in [0.2, 0.25) is 11.8 Å². The Kier molecular flexibility index (Phi) is 9.26. The second-order valence-corrected chi connectivity index (χ2v) is 16.3. The van der Waals surface area contributed by atoms with Crippen LogP contribution in [0.4, 0.5) is 4.79 Å². The van der Waals surface area contributed by atoms with Crippen molar-refractivity contribution in [2.45, 2.75) is 102 Å². The molecule has 14 heteroatoms. The van der Waals surface area contributed by atoms with E-state index in [1.54, 1.807) is 4.72 Å². The minimum absolute atomic E-state index is 0.125. The number of benzene rings is 2. The van der Waals surface area contributed by atoms with E-state index in [9.17, 15) is 27.6 Å². The highest BCUT2D eigenvalue weighted by atomic mass is 32.2. The second kappa shape index (κ2) is 13.0. The molecule has 13 nitrogen and oxygen atoms in total. The van der Waals surface area contributed by atoms with Gasteiger partial charge >= 0.3 is 6.09 Å². The highest BCUT2D eigenvalue weighted by molar-refractivity contribution is 7.87. The lowest BCUT2D eigenvalue weighted by atomic mass is 9.85. The van der Waals surface area contributed by atoms with E-state index in [-0.39, 0.29) is 31.5 Å². The second-order valence-electron chi connectivity index (χ2n) is 15.0. The smallest absolute Gasteiger partial charge is 0.408 e. The molecule has 2 heterocycles. The van der Waals surface area contributed by atoms with Gasteiger partial charge in [-0.25, -0.2) is 14.7 Å². The molecule has 2 saturated carbocycles. The summed E-state index contributed by atoms with van der Waals surface area (Å²) in [5.41, 5.74) is -0.0187. The van der Waals surface area contributed by atoms with Gasteiger partial charge in [-0.2, -0.15) is 8.42 Å². The zero-order chi connectivity index (χ0) is 35.3. The van der Waals surface area contributed by atoms with E-state index in [1.165, 1.54) is 16.4 Å². The molecular formula is C35H46N6O7S. The maximum atomic E-state index is 14.5. The third kappa shape index (κ3) is 7.17. The van der Waals surface area contributed by atoms with Gasteiger partial charge in [-0.1, -0.05) is 63.2 Å². The molecule has 4 amide bonds. The Balaban J connectivity index is 1.28. The Morgan fingerprint density at radius 1 is 1.06 bits per heavy atom. The lowest BCUT2D eigenvalue weighted by Crippen LogP contribution is -2.60. The summed E-state index contributed by atoms with van der Waals surface area (Å²) in [5, 5.41) is 13.0. The fraction of sp³-hybridized carbons (Fsp3) is 0.543. The molecule has 5 N–H and O–H groups in total. The molecule has 264 valence electrons. The fourth-order valence-corrected chi connectivity index (χ4v) is 8.21. The largest absolute Gasteiger partial charge is 0.446 e. The van der Waals surface area contributed by atoms with Crippen molar-refractivity contribution < 1.29 is 32.3 Å². The van der Waals surface area contributed by atoms with Gasteiger partial charge in [0.1, 0.15) is 23.7 Å². The van der Waals surface area contributed by atoms with Crippen LogP contribution >= 0.6 is 0 Å². The van der Waals surface area contributed by atoms with E-state index < -0.39 is 63.0 Å². The molecule has 2 aliphatic carbocycles. The normalized spacial score (nSPS) is 26.2. The molecule has 49 heavy (non-hydrogen) atoms. The monoisotopic (exact) mass is 694 g/mol. The van der Waals surface area contributed by atoms with E-state index in [4.69, 9.17) is 9.88 Å². The molecule has 2 aromatic carbocycles. The molecule has 6 rings (SSSR count). The Morgan fingerprint density at radius 2 is 1.69 bits per heavy atom. The van der Waals surface area contributed by atoms with Crippen molar-refractivity contribution >= 4 is 44.8 Å². The predicted molar refractivity (Wildman–Crippen MR) is 183 cm³/mol. The minimum atomic E-state index is -4.40. The molecule has 0 spiro atoms. The third-order valence-electron chi connectivity index (χ3n) is 10.4. The average molecular weight is 695 g/mol. The first-order valence-electron chi connectivity index (χ1n) is 16.9. The summed E-state index contributed by atoms with van der Waals surface area (Å²) in [5.74, 6) is -2.55. The average Bonchev–Trinajstić information content (AvgIpc) is 3.32. The van der Waals surface area contributed by atoms with Gasteiger partial charge in [-0.05, 0) is 65.8 Å². The van der Waals surface area contributed by atoms with E-state index >= 15 is 0 Å². The maximum Gasteiger partial charge on any atom is 0.408 e. The van der Waals surface area contributed by atoms with Crippen molar-refractivity contribution in [2.24, 2.45) is 16.5 Å². The van der Waals surface area contributed by atoms with E-state index in [0.717, 1.165) is 42.2 Å². The summed E-state index contributed by atoms with van der Waals surface area (Å²) in [6.45, 7) is 10.7. The van der Waals surface area contributed by atoms with Crippen molar-refractivity contribution in [3.05, 3.63) is 60.2 Å². The third-order valence-corrected chi connectivity index (χ3v) is 10.9. The highest BCUT2D eigenvalue weighted by Crippen LogP contribution is 2.45. The van der Waals surface area contributed by atoms with Crippen LogP contribution in [-0.4, -0.2) is 78.3 Å². The first-order valence-corrected chi connectivity index (χ1v) is 18.4. The van der Waals surface area contributed by atoms with Gasteiger partial charge in [-0.3, -0.25) is 19.3 Å². The van der Waals surface area contributed by atoms with Crippen LogP contribution in [0.5, 0.6) is 0 Å². The number of hydrogen-bond acceptors (Lipinski definition) is 8. The Hall–Kier alpha value is -4.01. The van der Waals surface area contributed by atoms with Gasteiger partial charge in [0.05, 0.1) is 0 Å². The van der Waals surface area contributed by atoms with Crippen molar-refractivity contribution in [1.29, 1.82) is 0 Å². The number of alkyl carbamates (subject to hydrolysis) is 1. The van der Waals surface area contributed by atoms with E-state index in [2.05, 4.69) is 46.4 Å². The Bertz CT molecular complexity index is 1750. The van der Waals surface area contributed by atoms with Gasteiger partial charge in [0.25, 0.3) is 16.1 Å². The lowest BCUT2D eigenvalue weighted by molar-refractivity contribution is -0.142. The molecule has 1 saturated heterocycles. The van der Waals surface area contributed by atoms with E-state index in [0.29, 0.717) is 13.1 Å². The van der Waals surface area contributed by atoms with Crippen molar-refractivity contribution in [1.82, 2.24) is 25.2 Å². The molecule has 4 aliphatic rings. The van der Waals surface area contributed by atoms with Gasteiger partial charge < -0.3 is 20.3 Å². The van der Waals surface area contributed by atoms with Crippen LogP contribution in [0.1, 0.15) is 70.4 Å². The molecular weight excluding hydrogens is 648 g/mol. The number of ether oxygens (including phenoxy) is 1. The minimum Gasteiger partial charge on any atom is -0.446 e. The summed E-state index contributed by atoms with van der Waals surface area (Å²) in [6.07, 6.45) is 4.48. The molecule has 0 aromatic heterocycles. The highest BCUT2D eigenvalue weighted by Gasteiger charge is 2.61. The Labute approximate surface area is 287 Å². The van der Waals surface area contributed by atoms with Crippen LogP contribution in [0.2, 0.25) is 0 Å². The molecule has 0 unspecified atom stereocenters. The first-order chi connectivity index (χ1) is 23.1. The number of nitrogens with two attached hydrogens (primary N) is 1. The zero-order valence-electron chi connectivity index (χ0n) is 28.2. The number of nitrogens with zero attached hydrogens (tertiary/aromatic N) is 2. The topological polar surface area (TPSA) is 180 Å². The Morgan fingerprint density at radius 3 is 2.24 bits per heavy atom. The summed E-state index contributed by atoms with van der Waals surface area (Å²) < 4.78 is 30.9. The predicted octanol–water partition coefficient (Wildman–Crippen LogP) is 2.59. The number of amides is 4. The summed E-state index contributed by atoms with van der Waals surface area (Å²) in [4.78, 5) is 58.7. The van der Waals surface area contributed by atoms with Crippen molar-refractivity contribution in [2.75, 3.05) is 6.54 Å². The fourth-order valence-electron chi connectivity index (χ4n) is 7.77. The van der Waals surface area contributed by atoms with Gasteiger partial charge in [-0.15, -0.1) is 6.58 Å². The molecule has 0 radical (unpaired) electrons. The number of carbonyl (C=O) groups excluding carboxylic acids is 4. The number of hydrogen-bond donors (Lipinski definition) is 4. The van der Waals surface area contributed by atoms with Gasteiger partial charge in [0.15, 0.2) is 0 Å². The molecule has 0 bridgehead atoms. The number of carbonyl (C=O) groups is 4. The van der Waals surface area contributed by atoms with Gasteiger partial charge in [0, 0.05) is 31.6 Å². The molecule has 3 fully saturated rings. The van der Waals surface area contributed by atoms with Crippen LogP contribution in [-0.2, 0) is 42.4 Å².